The molecule has 1 aliphatic heterocycles. The van der Waals surface area contributed by atoms with Crippen molar-refractivity contribution in [1.82, 2.24) is 4.90 Å². The first kappa shape index (κ1) is 20.0. The Bertz CT molecular complexity index is 1030. The number of rotatable bonds is 5. The summed E-state index contributed by atoms with van der Waals surface area (Å²) in [6.07, 6.45) is 1.46. The number of nitriles is 1. The van der Waals surface area contributed by atoms with Gasteiger partial charge in [0.15, 0.2) is 11.5 Å². The van der Waals surface area contributed by atoms with E-state index in [1.807, 2.05) is 0 Å². The van der Waals surface area contributed by atoms with Crippen LogP contribution in [0.5, 0.6) is 11.5 Å². The van der Waals surface area contributed by atoms with Crippen molar-refractivity contribution >= 4 is 44.9 Å². The minimum atomic E-state index is -0.472. The molecule has 2 amide bonds. The van der Waals surface area contributed by atoms with Gasteiger partial charge < -0.3 is 9.84 Å². The van der Waals surface area contributed by atoms with Crippen LogP contribution >= 0.6 is 27.7 Å². The Labute approximate surface area is 174 Å². The number of aromatic hydroxyl groups is 1. The maximum atomic E-state index is 12.7. The van der Waals surface area contributed by atoms with E-state index in [4.69, 9.17) is 4.74 Å². The molecule has 3 rings (SSSR count). The van der Waals surface area contributed by atoms with Crippen LogP contribution in [0.15, 0.2) is 45.8 Å². The van der Waals surface area contributed by atoms with Crippen LogP contribution in [0.2, 0.25) is 0 Å². The zero-order valence-corrected chi connectivity index (χ0v) is 17.2. The first-order chi connectivity index (χ1) is 13.4. The number of ether oxygens (including phenoxy) is 1. The van der Waals surface area contributed by atoms with Crippen LogP contribution in [-0.2, 0) is 11.3 Å². The lowest BCUT2D eigenvalue weighted by molar-refractivity contribution is -0.123. The fourth-order valence-electron chi connectivity index (χ4n) is 2.69. The van der Waals surface area contributed by atoms with Crippen molar-refractivity contribution in [3.8, 4) is 17.6 Å². The van der Waals surface area contributed by atoms with E-state index in [9.17, 15) is 20.0 Å². The highest BCUT2D eigenvalue weighted by atomic mass is 79.9. The molecular weight excluding hydrogens is 444 g/mol. The highest BCUT2D eigenvalue weighted by Crippen LogP contribution is 2.39. The van der Waals surface area contributed by atoms with Gasteiger partial charge in [0, 0.05) is 10.0 Å². The van der Waals surface area contributed by atoms with Gasteiger partial charge in [0.25, 0.3) is 11.1 Å². The first-order valence-electron chi connectivity index (χ1n) is 8.33. The summed E-state index contributed by atoms with van der Waals surface area (Å²) in [7, 11) is 0. The Hall–Kier alpha value is -2.76. The average Bonchev–Trinajstić information content (AvgIpc) is 2.93. The number of nitrogens with zero attached hydrogens (tertiary/aromatic N) is 2. The molecule has 6 nitrogen and oxygen atoms in total. The van der Waals surface area contributed by atoms with Crippen LogP contribution in [-0.4, -0.2) is 27.8 Å². The second kappa shape index (κ2) is 8.50. The Morgan fingerprint density at radius 1 is 1.32 bits per heavy atom. The van der Waals surface area contributed by atoms with Crippen LogP contribution in [0.3, 0.4) is 0 Å². The number of carbonyl (C=O) groups excluding carboxylic acids is 2. The van der Waals surface area contributed by atoms with Gasteiger partial charge in [-0.05, 0) is 48.5 Å². The van der Waals surface area contributed by atoms with Crippen LogP contribution in [0.4, 0.5) is 4.79 Å². The standard InChI is InChI=1S/C20H15BrN2O4S/c1-2-27-16-9-15(21)7-14(18(16)24)8-17-19(25)23(20(26)28-17)11-13-6-4-3-5-12(13)10-22/h3-9,24H,2,11H2,1H3/b17-8+. The number of phenols is 1. The molecule has 0 bridgehead atoms. The van der Waals surface area contributed by atoms with Crippen LogP contribution < -0.4 is 4.74 Å². The Balaban J connectivity index is 1.91. The first-order valence-corrected chi connectivity index (χ1v) is 9.94. The molecular formula is C20H15BrN2O4S. The molecule has 2 aromatic carbocycles. The van der Waals surface area contributed by atoms with Crippen molar-refractivity contribution in [2.24, 2.45) is 0 Å². The van der Waals surface area contributed by atoms with Crippen molar-refractivity contribution in [1.29, 1.82) is 5.26 Å². The molecule has 0 aromatic heterocycles. The second-order valence-electron chi connectivity index (χ2n) is 5.81. The molecule has 0 atom stereocenters. The van der Waals surface area contributed by atoms with E-state index in [1.54, 1.807) is 43.3 Å². The van der Waals surface area contributed by atoms with Gasteiger partial charge >= 0.3 is 0 Å². The number of halogens is 1. The summed E-state index contributed by atoms with van der Waals surface area (Å²) >= 11 is 4.14. The van der Waals surface area contributed by atoms with E-state index in [2.05, 4.69) is 22.0 Å². The van der Waals surface area contributed by atoms with Gasteiger partial charge in [0.05, 0.1) is 29.7 Å². The number of phenolic OH excluding ortho intramolecular Hbond substituents is 1. The van der Waals surface area contributed by atoms with Crippen LogP contribution in [0.25, 0.3) is 6.08 Å². The van der Waals surface area contributed by atoms with E-state index in [0.29, 0.717) is 27.8 Å². The maximum absolute atomic E-state index is 12.7. The summed E-state index contributed by atoms with van der Waals surface area (Å²) in [6, 6.07) is 12.1. The molecule has 8 heteroatoms. The fraction of sp³-hybridized carbons (Fsp3) is 0.150. The van der Waals surface area contributed by atoms with Crippen molar-refractivity contribution in [3.63, 3.8) is 0 Å². The third-order valence-corrected chi connectivity index (χ3v) is 5.36. The molecule has 0 aliphatic carbocycles. The molecule has 1 saturated heterocycles. The van der Waals surface area contributed by atoms with Gasteiger partial charge in [0.2, 0.25) is 0 Å². The highest BCUT2D eigenvalue weighted by molar-refractivity contribution is 9.10. The molecule has 1 fully saturated rings. The lowest BCUT2D eigenvalue weighted by Crippen LogP contribution is -2.27. The van der Waals surface area contributed by atoms with Crippen molar-refractivity contribution in [3.05, 3.63) is 62.5 Å². The topological polar surface area (TPSA) is 90.6 Å². The van der Waals surface area contributed by atoms with E-state index in [0.717, 1.165) is 16.7 Å². The quantitative estimate of drug-likeness (QED) is 0.654. The number of hydrogen-bond acceptors (Lipinski definition) is 6. The predicted molar refractivity (Wildman–Crippen MR) is 110 cm³/mol. The lowest BCUT2D eigenvalue weighted by Gasteiger charge is -2.13. The van der Waals surface area contributed by atoms with Gasteiger partial charge in [-0.3, -0.25) is 14.5 Å². The smallest absolute Gasteiger partial charge is 0.293 e. The van der Waals surface area contributed by atoms with Crippen LogP contribution in [0.1, 0.15) is 23.6 Å². The molecule has 0 saturated carbocycles. The minimum Gasteiger partial charge on any atom is -0.504 e. The lowest BCUT2D eigenvalue weighted by atomic mass is 10.1. The SMILES string of the molecule is CCOc1cc(Br)cc(/C=C2/SC(=O)N(Cc3ccccc3C#N)C2=O)c1O. The molecule has 1 aliphatic rings. The summed E-state index contributed by atoms with van der Waals surface area (Å²) in [4.78, 5) is 26.4. The molecule has 2 aromatic rings. The number of carbonyl (C=O) groups is 2. The molecule has 0 radical (unpaired) electrons. The van der Waals surface area contributed by atoms with E-state index >= 15 is 0 Å². The molecule has 0 unspecified atom stereocenters. The zero-order chi connectivity index (χ0) is 20.3. The third-order valence-electron chi connectivity index (χ3n) is 4.00. The van der Waals surface area contributed by atoms with E-state index < -0.39 is 11.1 Å². The number of imide groups is 1. The number of benzene rings is 2. The average molecular weight is 459 g/mol. The molecule has 0 spiro atoms. The highest BCUT2D eigenvalue weighted by Gasteiger charge is 2.35. The molecule has 1 N–H and O–H groups in total. The summed E-state index contributed by atoms with van der Waals surface area (Å²) < 4.78 is 6.06. The summed E-state index contributed by atoms with van der Waals surface area (Å²) in [5.41, 5.74) is 1.37. The van der Waals surface area contributed by atoms with Gasteiger partial charge in [-0.2, -0.15) is 5.26 Å². The summed E-state index contributed by atoms with van der Waals surface area (Å²) in [5.74, 6) is -0.294. The predicted octanol–water partition coefficient (Wildman–Crippen LogP) is 4.66. The molecule has 28 heavy (non-hydrogen) atoms. The van der Waals surface area contributed by atoms with Crippen molar-refractivity contribution in [2.75, 3.05) is 6.61 Å². The summed E-state index contributed by atoms with van der Waals surface area (Å²) in [6.45, 7) is 2.18. The Morgan fingerprint density at radius 2 is 2.07 bits per heavy atom. The van der Waals surface area contributed by atoms with E-state index in [1.165, 1.54) is 6.08 Å². The van der Waals surface area contributed by atoms with Gasteiger partial charge in [-0.15, -0.1) is 0 Å². The van der Waals surface area contributed by atoms with E-state index in [-0.39, 0.29) is 22.9 Å². The largest absolute Gasteiger partial charge is 0.504 e. The van der Waals surface area contributed by atoms with Gasteiger partial charge in [-0.1, -0.05) is 34.1 Å². The third kappa shape index (κ3) is 4.06. The van der Waals surface area contributed by atoms with Gasteiger partial charge in [-0.25, -0.2) is 0 Å². The van der Waals surface area contributed by atoms with Crippen molar-refractivity contribution < 1.29 is 19.4 Å². The normalized spacial score (nSPS) is 15.2. The second-order valence-corrected chi connectivity index (χ2v) is 7.72. The maximum Gasteiger partial charge on any atom is 0.293 e. The zero-order valence-electron chi connectivity index (χ0n) is 14.8. The number of amides is 2. The summed E-state index contributed by atoms with van der Waals surface area (Å²) in [5, 5.41) is 19.2. The number of thioether (sulfide) groups is 1. The van der Waals surface area contributed by atoms with Crippen LogP contribution in [0, 0.1) is 11.3 Å². The Morgan fingerprint density at radius 3 is 2.79 bits per heavy atom. The minimum absolute atomic E-state index is 0.0143. The Kier molecular flexibility index (Phi) is 6.07. The number of hydrogen-bond donors (Lipinski definition) is 1. The monoisotopic (exact) mass is 458 g/mol. The van der Waals surface area contributed by atoms with Crippen molar-refractivity contribution in [2.45, 2.75) is 13.5 Å². The fourth-order valence-corrected chi connectivity index (χ4v) is 3.97. The van der Waals surface area contributed by atoms with Gasteiger partial charge in [0.1, 0.15) is 0 Å². The molecule has 1 heterocycles. The molecule has 142 valence electrons.